The molecule has 0 spiro atoms. The Morgan fingerprint density at radius 2 is 1.45 bits per heavy atom. The molecule has 0 bridgehead atoms. The summed E-state index contributed by atoms with van der Waals surface area (Å²) >= 11 is 0. The SMILES string of the molecule is CC1=C/C(=C\c2cc(-c3ccccc3)[o+]c3ccccc23)c2ccccc2O1.[O-][Cl+3]([O-])([O-])[O-]. The Morgan fingerprint density at radius 1 is 0.818 bits per heavy atom. The first kappa shape index (κ1) is 22.7. The van der Waals surface area contributed by atoms with Crippen LogP contribution in [-0.2, 0) is 0 Å². The van der Waals surface area contributed by atoms with Crippen molar-refractivity contribution in [2.45, 2.75) is 6.92 Å². The second-order valence-electron chi connectivity index (χ2n) is 7.26. The van der Waals surface area contributed by atoms with Gasteiger partial charge >= 0.3 is 11.3 Å². The normalized spacial score (nSPS) is 14.1. The lowest BCUT2D eigenvalue weighted by Crippen LogP contribution is -2.68. The van der Waals surface area contributed by atoms with Crippen molar-refractivity contribution < 1.29 is 38.0 Å². The zero-order valence-electron chi connectivity index (χ0n) is 17.6. The fourth-order valence-corrected chi connectivity index (χ4v) is 3.61. The minimum Gasteiger partial charge on any atom is -0.461 e. The highest BCUT2D eigenvalue weighted by Gasteiger charge is 2.19. The molecule has 1 aliphatic rings. The summed E-state index contributed by atoms with van der Waals surface area (Å²) in [6.45, 7) is 1.98. The Bertz CT molecular complexity index is 1330. The first-order valence-corrected chi connectivity index (χ1v) is 11.2. The van der Waals surface area contributed by atoms with Crippen LogP contribution in [0.25, 0.3) is 33.9 Å². The molecule has 6 nitrogen and oxygen atoms in total. The Morgan fingerprint density at radius 3 is 2.21 bits per heavy atom. The van der Waals surface area contributed by atoms with Gasteiger partial charge in [-0.1, -0.05) is 48.5 Å². The van der Waals surface area contributed by atoms with Crippen LogP contribution >= 0.6 is 0 Å². The summed E-state index contributed by atoms with van der Waals surface area (Å²) in [5.74, 6) is 2.63. The van der Waals surface area contributed by atoms with Gasteiger partial charge in [-0.25, -0.2) is 23.1 Å². The number of hydrogen-bond donors (Lipinski definition) is 0. The molecule has 1 aromatic heterocycles. The number of benzene rings is 3. The summed E-state index contributed by atoms with van der Waals surface area (Å²) in [6.07, 6.45) is 4.30. The Labute approximate surface area is 192 Å². The predicted octanol–water partition coefficient (Wildman–Crippen LogP) is 2.46. The molecule has 0 radical (unpaired) electrons. The molecule has 0 unspecified atom stereocenters. The number of allylic oxidation sites excluding steroid dienone is 3. The largest absolute Gasteiger partial charge is 0.461 e. The maximum Gasteiger partial charge on any atom is 0.361 e. The van der Waals surface area contributed by atoms with Crippen LogP contribution in [0.3, 0.4) is 0 Å². The van der Waals surface area contributed by atoms with Crippen LogP contribution in [-0.4, -0.2) is 0 Å². The van der Waals surface area contributed by atoms with Crippen molar-refractivity contribution in [1.29, 1.82) is 0 Å². The molecule has 0 atom stereocenters. The van der Waals surface area contributed by atoms with Gasteiger partial charge in [-0.15, -0.1) is 10.2 Å². The van der Waals surface area contributed by atoms with Crippen LogP contribution in [0.5, 0.6) is 5.75 Å². The smallest absolute Gasteiger partial charge is 0.361 e. The Balaban J connectivity index is 0.000000471. The average Bonchev–Trinajstić information content (AvgIpc) is 2.78. The zero-order chi connectivity index (χ0) is 23.4. The van der Waals surface area contributed by atoms with E-state index in [1.807, 2.05) is 61.5 Å². The van der Waals surface area contributed by atoms with Gasteiger partial charge in [-0.05, 0) is 48.9 Å². The van der Waals surface area contributed by atoms with Gasteiger partial charge < -0.3 is 4.74 Å². The van der Waals surface area contributed by atoms with Crippen LogP contribution in [0.2, 0.25) is 0 Å². The minimum absolute atomic E-state index is 0.854. The standard InChI is InChI=1S/C26H19O2.ClHO4/c1-18-15-20(22-11-5-7-13-24(22)27-18)16-21-17-26(19-9-3-2-4-10-19)28-25-14-8-6-12-23(21)25;2-1(3,4)5/h2-17H,1H3;(H,2,3,4,5)/q+1;/p-1. The second kappa shape index (κ2) is 9.54. The molecule has 33 heavy (non-hydrogen) atoms. The van der Waals surface area contributed by atoms with Gasteiger partial charge in [0.15, 0.2) is 0 Å². The van der Waals surface area contributed by atoms with E-state index in [0.29, 0.717) is 0 Å². The Hall–Kier alpha value is -3.52. The topological polar surface area (TPSA) is 113 Å². The third-order valence-electron chi connectivity index (χ3n) is 4.90. The summed E-state index contributed by atoms with van der Waals surface area (Å²) in [5, 5.41) is 1.09. The molecule has 7 heteroatoms. The predicted molar refractivity (Wildman–Crippen MR) is 115 cm³/mol. The second-order valence-corrected chi connectivity index (χ2v) is 8.01. The van der Waals surface area contributed by atoms with E-state index < -0.39 is 10.2 Å². The molecule has 2 heterocycles. The van der Waals surface area contributed by atoms with E-state index >= 15 is 0 Å². The molecule has 0 amide bonds. The van der Waals surface area contributed by atoms with E-state index in [-0.39, 0.29) is 0 Å². The lowest BCUT2D eigenvalue weighted by atomic mass is 9.97. The van der Waals surface area contributed by atoms with Crippen molar-refractivity contribution >= 4 is 22.6 Å². The summed E-state index contributed by atoms with van der Waals surface area (Å²) in [6, 6.07) is 28.6. The maximum absolute atomic E-state index is 8.49. The van der Waals surface area contributed by atoms with Gasteiger partial charge in [-0.2, -0.15) is 0 Å². The number of fused-ring (bicyclic) bond motifs is 2. The molecule has 1 aliphatic heterocycles. The van der Waals surface area contributed by atoms with Gasteiger partial charge in [0.05, 0.1) is 17.0 Å². The van der Waals surface area contributed by atoms with Crippen molar-refractivity contribution in [1.82, 2.24) is 0 Å². The summed E-state index contributed by atoms with van der Waals surface area (Å²) < 4.78 is 46.1. The summed E-state index contributed by atoms with van der Waals surface area (Å²) in [4.78, 5) is 0. The quantitative estimate of drug-likeness (QED) is 0.423. The molecule has 0 saturated heterocycles. The van der Waals surface area contributed by atoms with Crippen LogP contribution in [0.4, 0.5) is 0 Å². The van der Waals surface area contributed by atoms with E-state index in [1.165, 1.54) is 0 Å². The van der Waals surface area contributed by atoms with Crippen molar-refractivity contribution in [3.8, 4) is 17.1 Å². The molecule has 5 rings (SSSR count). The lowest BCUT2D eigenvalue weighted by molar-refractivity contribution is -2.00. The fourth-order valence-electron chi connectivity index (χ4n) is 3.61. The average molecular weight is 463 g/mol. The highest BCUT2D eigenvalue weighted by Crippen LogP contribution is 2.36. The molecule has 0 aliphatic carbocycles. The first-order chi connectivity index (χ1) is 15.8. The van der Waals surface area contributed by atoms with Gasteiger partial charge in [0.25, 0.3) is 0 Å². The monoisotopic (exact) mass is 462 g/mol. The summed E-state index contributed by atoms with van der Waals surface area (Å²) in [7, 11) is -4.94. The third kappa shape index (κ3) is 5.84. The molecule has 3 aromatic carbocycles. The highest BCUT2D eigenvalue weighted by molar-refractivity contribution is 5.98. The number of hydrogen-bond acceptors (Lipinski definition) is 5. The molecule has 4 aromatic rings. The van der Waals surface area contributed by atoms with Gasteiger partial charge in [0.2, 0.25) is 0 Å². The molecule has 0 fully saturated rings. The lowest BCUT2D eigenvalue weighted by Gasteiger charge is -2.18. The van der Waals surface area contributed by atoms with Gasteiger partial charge in [0.1, 0.15) is 11.5 Å². The summed E-state index contributed by atoms with van der Waals surface area (Å²) in [5.41, 5.74) is 5.29. The number of rotatable bonds is 2. The molecule has 0 saturated carbocycles. The van der Waals surface area contributed by atoms with Crippen LogP contribution < -0.4 is 23.4 Å². The molecular formula is C26H19ClO6. The molecular weight excluding hydrogens is 444 g/mol. The van der Waals surface area contributed by atoms with E-state index in [4.69, 9.17) is 27.8 Å². The van der Waals surface area contributed by atoms with Crippen molar-refractivity contribution in [2.75, 3.05) is 0 Å². The van der Waals surface area contributed by atoms with Gasteiger partial charge in [-0.3, -0.25) is 0 Å². The minimum atomic E-state index is -4.94. The van der Waals surface area contributed by atoms with E-state index in [2.05, 4.69) is 42.5 Å². The van der Waals surface area contributed by atoms with Crippen molar-refractivity contribution in [3.05, 3.63) is 108 Å². The van der Waals surface area contributed by atoms with Crippen LogP contribution in [0, 0.1) is 10.2 Å². The van der Waals surface area contributed by atoms with Crippen molar-refractivity contribution in [3.63, 3.8) is 0 Å². The maximum atomic E-state index is 8.49. The van der Waals surface area contributed by atoms with Gasteiger partial charge in [0, 0.05) is 17.2 Å². The number of para-hydroxylation sites is 2. The van der Waals surface area contributed by atoms with Crippen LogP contribution in [0.15, 0.2) is 101 Å². The van der Waals surface area contributed by atoms with E-state index in [0.717, 1.165) is 50.5 Å². The van der Waals surface area contributed by atoms with E-state index in [1.54, 1.807) is 0 Å². The van der Waals surface area contributed by atoms with Crippen molar-refractivity contribution in [2.24, 2.45) is 0 Å². The number of halogens is 1. The first-order valence-electron chi connectivity index (χ1n) is 9.98. The van der Waals surface area contributed by atoms with Crippen LogP contribution in [0.1, 0.15) is 18.1 Å². The van der Waals surface area contributed by atoms with E-state index in [9.17, 15) is 0 Å². The highest BCUT2D eigenvalue weighted by atomic mass is 35.7. The molecule has 166 valence electrons. The third-order valence-corrected chi connectivity index (χ3v) is 4.90. The zero-order valence-corrected chi connectivity index (χ0v) is 18.3. The fraction of sp³-hybridized carbons (Fsp3) is 0.0385. The Kier molecular flexibility index (Phi) is 6.55. The number of ether oxygens (including phenoxy) is 1. The molecule has 0 N–H and O–H groups in total.